The Morgan fingerprint density at radius 2 is 1.82 bits per heavy atom. The van der Waals surface area contributed by atoms with Crippen LogP contribution in [0.4, 0.5) is 0 Å². The van der Waals surface area contributed by atoms with Crippen LogP contribution in [0.15, 0.2) is 35.7 Å². The number of amides is 1. The highest BCUT2D eigenvalue weighted by Gasteiger charge is 2.51. The van der Waals surface area contributed by atoms with Crippen LogP contribution in [0, 0.1) is 24.7 Å². The maximum atomic E-state index is 13.1. The minimum atomic E-state index is -0.194. The van der Waals surface area contributed by atoms with Crippen molar-refractivity contribution in [1.82, 2.24) is 20.1 Å². The number of carbonyl (C=O) groups is 1. The van der Waals surface area contributed by atoms with E-state index in [0.717, 1.165) is 34.2 Å². The molecule has 6 rings (SSSR count). The second-order valence-corrected chi connectivity index (χ2v) is 10.5. The van der Waals surface area contributed by atoms with Gasteiger partial charge in [-0.05, 0) is 81.8 Å². The molecule has 1 unspecified atom stereocenters. The van der Waals surface area contributed by atoms with Crippen LogP contribution in [0.25, 0.3) is 5.69 Å². The Bertz CT molecular complexity index is 857. The highest BCUT2D eigenvalue weighted by atomic mass is 32.2. The van der Waals surface area contributed by atoms with Gasteiger partial charge in [-0.1, -0.05) is 30.0 Å². The third kappa shape index (κ3) is 3.25. The van der Waals surface area contributed by atoms with Crippen LogP contribution in [0.3, 0.4) is 0 Å². The summed E-state index contributed by atoms with van der Waals surface area (Å²) in [6, 6.07) is 8.17. The number of nitrogens with zero attached hydrogens (tertiary/aromatic N) is 3. The molecule has 4 aliphatic carbocycles. The summed E-state index contributed by atoms with van der Waals surface area (Å²) in [4.78, 5) is 13.1. The highest BCUT2D eigenvalue weighted by molar-refractivity contribution is 8.00. The summed E-state index contributed by atoms with van der Waals surface area (Å²) in [6.45, 7) is 4.06. The molecule has 0 radical (unpaired) electrons. The number of hydrogen-bond acceptors (Lipinski definition) is 4. The average Bonchev–Trinajstić information content (AvgIpc) is 3.08. The molecular weight excluding hydrogens is 368 g/mol. The topological polar surface area (TPSA) is 59.8 Å². The minimum absolute atomic E-state index is 0.0599. The van der Waals surface area contributed by atoms with E-state index in [1.807, 2.05) is 23.6 Å². The lowest BCUT2D eigenvalue weighted by molar-refractivity contribution is -0.126. The summed E-state index contributed by atoms with van der Waals surface area (Å²) in [7, 11) is 0. The second-order valence-electron chi connectivity index (χ2n) is 9.22. The molecule has 6 heteroatoms. The number of carbonyl (C=O) groups excluding carboxylic acids is 1. The minimum Gasteiger partial charge on any atom is -0.350 e. The van der Waals surface area contributed by atoms with E-state index in [9.17, 15) is 4.79 Å². The van der Waals surface area contributed by atoms with Crippen molar-refractivity contribution in [2.45, 2.75) is 68.3 Å². The number of aromatic nitrogens is 3. The lowest BCUT2D eigenvalue weighted by Gasteiger charge is -2.57. The van der Waals surface area contributed by atoms with Gasteiger partial charge in [-0.3, -0.25) is 9.36 Å². The van der Waals surface area contributed by atoms with Gasteiger partial charge >= 0.3 is 0 Å². The molecule has 28 heavy (non-hydrogen) atoms. The summed E-state index contributed by atoms with van der Waals surface area (Å²) in [5.74, 6) is 2.64. The van der Waals surface area contributed by atoms with Crippen LogP contribution in [-0.4, -0.2) is 31.5 Å². The summed E-state index contributed by atoms with van der Waals surface area (Å²) >= 11 is 1.49. The Labute approximate surface area is 170 Å². The van der Waals surface area contributed by atoms with Crippen molar-refractivity contribution in [3.8, 4) is 5.69 Å². The van der Waals surface area contributed by atoms with E-state index in [0.29, 0.717) is 0 Å². The molecule has 1 heterocycles. The second kappa shape index (κ2) is 6.90. The molecule has 4 aliphatic rings. The van der Waals surface area contributed by atoms with Gasteiger partial charge in [0, 0.05) is 5.54 Å². The first-order valence-corrected chi connectivity index (χ1v) is 11.3. The van der Waals surface area contributed by atoms with Crippen molar-refractivity contribution in [2.75, 3.05) is 0 Å². The maximum Gasteiger partial charge on any atom is 0.233 e. The van der Waals surface area contributed by atoms with Gasteiger partial charge in [0.05, 0.1) is 10.9 Å². The van der Waals surface area contributed by atoms with Gasteiger partial charge in [0.1, 0.15) is 6.33 Å². The lowest BCUT2D eigenvalue weighted by atomic mass is 9.53. The predicted octanol–water partition coefficient (Wildman–Crippen LogP) is 4.14. The van der Waals surface area contributed by atoms with E-state index in [1.165, 1.54) is 50.3 Å². The smallest absolute Gasteiger partial charge is 0.233 e. The van der Waals surface area contributed by atoms with E-state index >= 15 is 0 Å². The molecule has 0 saturated heterocycles. The molecule has 1 atom stereocenters. The van der Waals surface area contributed by atoms with Crippen molar-refractivity contribution in [2.24, 2.45) is 17.8 Å². The van der Waals surface area contributed by atoms with Gasteiger partial charge in [0.25, 0.3) is 0 Å². The summed E-state index contributed by atoms with van der Waals surface area (Å²) in [5, 5.41) is 12.4. The fourth-order valence-electron chi connectivity index (χ4n) is 6.14. The van der Waals surface area contributed by atoms with Crippen LogP contribution in [0.1, 0.15) is 51.0 Å². The molecule has 4 saturated carbocycles. The largest absolute Gasteiger partial charge is 0.350 e. The molecule has 4 fully saturated rings. The van der Waals surface area contributed by atoms with E-state index < -0.39 is 0 Å². The van der Waals surface area contributed by atoms with Crippen LogP contribution in [-0.2, 0) is 4.79 Å². The first-order chi connectivity index (χ1) is 13.5. The zero-order valence-electron chi connectivity index (χ0n) is 16.6. The standard InChI is InChI=1S/C22H28N4OS/c1-14-5-3-4-6-19(14)26-13-23-25-21(26)28-15(2)20(27)24-22-10-16-7-17(11-22)9-18(8-16)12-22/h3-6,13,15-18H,7-12H2,1-2H3,(H,24,27). The normalized spacial score (nSPS) is 31.7. The first-order valence-electron chi connectivity index (χ1n) is 10.5. The van der Waals surface area contributed by atoms with Crippen LogP contribution >= 0.6 is 11.8 Å². The average molecular weight is 397 g/mol. The zero-order chi connectivity index (χ0) is 19.3. The molecule has 0 aliphatic heterocycles. The Kier molecular flexibility index (Phi) is 4.49. The molecule has 1 N–H and O–H groups in total. The number of benzene rings is 1. The van der Waals surface area contributed by atoms with Gasteiger partial charge < -0.3 is 5.32 Å². The Morgan fingerprint density at radius 3 is 2.46 bits per heavy atom. The van der Waals surface area contributed by atoms with Gasteiger partial charge in [0.15, 0.2) is 5.16 Å². The van der Waals surface area contributed by atoms with Gasteiger partial charge in [-0.2, -0.15) is 0 Å². The summed E-state index contributed by atoms with van der Waals surface area (Å²) in [5.41, 5.74) is 2.28. The number of para-hydroxylation sites is 1. The zero-order valence-corrected chi connectivity index (χ0v) is 17.4. The van der Waals surface area contributed by atoms with Crippen molar-refractivity contribution in [3.63, 3.8) is 0 Å². The summed E-state index contributed by atoms with van der Waals surface area (Å²) in [6.07, 6.45) is 9.44. The Balaban J connectivity index is 1.29. The maximum absolute atomic E-state index is 13.1. The number of rotatable bonds is 5. The first kappa shape index (κ1) is 18.2. The third-order valence-electron chi connectivity index (χ3n) is 6.97. The molecule has 0 spiro atoms. The Hall–Kier alpha value is -1.82. The highest BCUT2D eigenvalue weighted by Crippen LogP contribution is 2.55. The van der Waals surface area contributed by atoms with Crippen LogP contribution < -0.4 is 5.32 Å². The van der Waals surface area contributed by atoms with Crippen molar-refractivity contribution >= 4 is 17.7 Å². The molecule has 4 bridgehead atoms. The van der Waals surface area contributed by atoms with Crippen LogP contribution in [0.2, 0.25) is 0 Å². The molecule has 2 aromatic rings. The third-order valence-corrected chi connectivity index (χ3v) is 8.03. The molecule has 1 aromatic carbocycles. The monoisotopic (exact) mass is 396 g/mol. The molecule has 148 valence electrons. The summed E-state index contributed by atoms with van der Waals surface area (Å²) < 4.78 is 1.98. The fraction of sp³-hybridized carbons (Fsp3) is 0.591. The van der Waals surface area contributed by atoms with Gasteiger partial charge in [-0.15, -0.1) is 10.2 Å². The fourth-order valence-corrected chi connectivity index (χ4v) is 6.98. The quantitative estimate of drug-likeness (QED) is 0.772. The van der Waals surface area contributed by atoms with E-state index in [-0.39, 0.29) is 16.7 Å². The number of hydrogen-bond donors (Lipinski definition) is 1. The number of thioether (sulfide) groups is 1. The van der Waals surface area contributed by atoms with E-state index in [1.54, 1.807) is 6.33 Å². The van der Waals surface area contributed by atoms with Crippen molar-refractivity contribution < 1.29 is 4.79 Å². The predicted molar refractivity (Wildman–Crippen MR) is 110 cm³/mol. The number of nitrogens with one attached hydrogen (secondary N) is 1. The van der Waals surface area contributed by atoms with Crippen LogP contribution in [0.5, 0.6) is 0 Å². The lowest BCUT2D eigenvalue weighted by Crippen LogP contribution is -2.60. The SMILES string of the molecule is Cc1ccccc1-n1cnnc1SC(C)C(=O)NC12CC3CC(CC(C3)C1)C2. The number of aryl methyl sites for hydroxylation is 1. The van der Waals surface area contributed by atoms with Crippen molar-refractivity contribution in [1.29, 1.82) is 0 Å². The van der Waals surface area contributed by atoms with Gasteiger partial charge in [0.2, 0.25) is 5.91 Å². The molecule has 1 amide bonds. The van der Waals surface area contributed by atoms with Gasteiger partial charge in [-0.25, -0.2) is 0 Å². The van der Waals surface area contributed by atoms with E-state index in [4.69, 9.17) is 0 Å². The molecular formula is C22H28N4OS. The van der Waals surface area contributed by atoms with Crippen molar-refractivity contribution in [3.05, 3.63) is 36.2 Å². The Morgan fingerprint density at radius 1 is 1.18 bits per heavy atom. The van der Waals surface area contributed by atoms with E-state index in [2.05, 4.69) is 34.6 Å². The molecule has 1 aromatic heterocycles. The molecule has 5 nitrogen and oxygen atoms in total.